The number of sulfonamides is 1. The summed E-state index contributed by atoms with van der Waals surface area (Å²) in [7, 11) is -3.86. The Labute approximate surface area is 120 Å². The fourth-order valence-electron chi connectivity index (χ4n) is 1.61. The third-order valence-corrected chi connectivity index (χ3v) is 3.66. The molecule has 0 unspecified atom stereocenters. The van der Waals surface area contributed by atoms with Crippen molar-refractivity contribution in [3.8, 4) is 0 Å². The first kappa shape index (κ1) is 15.1. The number of pyridine rings is 1. The van der Waals surface area contributed by atoms with Crippen molar-refractivity contribution in [1.29, 1.82) is 0 Å². The molecule has 2 rings (SSSR count). The van der Waals surface area contributed by atoms with Crippen molar-refractivity contribution in [2.75, 3.05) is 5.32 Å². The Morgan fingerprint density at radius 1 is 1.29 bits per heavy atom. The molecule has 1 heterocycles. The minimum absolute atomic E-state index is 0.0109. The lowest BCUT2D eigenvalue weighted by Gasteiger charge is -2.09. The summed E-state index contributed by atoms with van der Waals surface area (Å²) in [4.78, 5) is 15.5. The first-order valence-electron chi connectivity index (χ1n) is 5.84. The molecule has 1 amide bonds. The SMILES string of the molecule is Cc1ccc(S(N)(=O)=O)cc1NC(=O)c1ccc(F)cn1. The first-order chi connectivity index (χ1) is 9.77. The Kier molecular flexibility index (Phi) is 4.01. The zero-order valence-corrected chi connectivity index (χ0v) is 11.8. The Balaban J connectivity index is 2.31. The van der Waals surface area contributed by atoms with E-state index < -0.39 is 21.7 Å². The van der Waals surface area contributed by atoms with Crippen LogP contribution in [0.5, 0.6) is 0 Å². The van der Waals surface area contributed by atoms with Crippen LogP contribution in [0.25, 0.3) is 0 Å². The number of aryl methyl sites for hydroxylation is 1. The average molecular weight is 309 g/mol. The lowest BCUT2D eigenvalue weighted by Crippen LogP contribution is -2.16. The Morgan fingerprint density at radius 3 is 2.57 bits per heavy atom. The molecule has 0 aliphatic carbocycles. The lowest BCUT2D eigenvalue weighted by atomic mass is 10.2. The number of benzene rings is 1. The van der Waals surface area contributed by atoms with Crippen molar-refractivity contribution >= 4 is 21.6 Å². The fourth-order valence-corrected chi connectivity index (χ4v) is 2.15. The summed E-state index contributed by atoms with van der Waals surface area (Å²) in [5.74, 6) is -1.14. The number of aromatic nitrogens is 1. The summed E-state index contributed by atoms with van der Waals surface area (Å²) in [6, 6.07) is 6.45. The molecular formula is C13H12FN3O3S. The maximum Gasteiger partial charge on any atom is 0.274 e. The van der Waals surface area contributed by atoms with Gasteiger partial charge in [-0.15, -0.1) is 0 Å². The van der Waals surface area contributed by atoms with Gasteiger partial charge in [0.05, 0.1) is 11.1 Å². The van der Waals surface area contributed by atoms with E-state index in [1.54, 1.807) is 6.92 Å². The Bertz CT molecular complexity index is 789. The largest absolute Gasteiger partial charge is 0.320 e. The number of hydrogen-bond donors (Lipinski definition) is 2. The van der Waals surface area contributed by atoms with Gasteiger partial charge in [-0.25, -0.2) is 22.9 Å². The number of halogens is 1. The number of nitrogens with zero attached hydrogens (tertiary/aromatic N) is 1. The number of carbonyl (C=O) groups excluding carboxylic acids is 1. The van der Waals surface area contributed by atoms with Gasteiger partial charge in [0.15, 0.2) is 0 Å². The molecule has 3 N–H and O–H groups in total. The zero-order valence-electron chi connectivity index (χ0n) is 11.0. The highest BCUT2D eigenvalue weighted by molar-refractivity contribution is 7.89. The van der Waals surface area contributed by atoms with Crippen LogP contribution < -0.4 is 10.5 Å². The van der Waals surface area contributed by atoms with Gasteiger partial charge in [-0.3, -0.25) is 4.79 Å². The third-order valence-electron chi connectivity index (χ3n) is 2.75. The monoisotopic (exact) mass is 309 g/mol. The summed E-state index contributed by atoms with van der Waals surface area (Å²) < 4.78 is 35.4. The molecule has 6 nitrogen and oxygen atoms in total. The predicted octanol–water partition coefficient (Wildman–Crippen LogP) is 1.43. The van der Waals surface area contributed by atoms with Gasteiger partial charge in [-0.05, 0) is 36.8 Å². The van der Waals surface area contributed by atoms with Crippen LogP contribution in [0, 0.1) is 12.7 Å². The van der Waals surface area contributed by atoms with E-state index in [2.05, 4.69) is 10.3 Å². The van der Waals surface area contributed by atoms with Crippen LogP contribution >= 0.6 is 0 Å². The Hall–Kier alpha value is -2.32. The quantitative estimate of drug-likeness (QED) is 0.895. The minimum Gasteiger partial charge on any atom is -0.320 e. The van der Waals surface area contributed by atoms with Gasteiger partial charge in [0, 0.05) is 5.69 Å². The molecule has 0 saturated heterocycles. The number of hydrogen-bond acceptors (Lipinski definition) is 4. The van der Waals surface area contributed by atoms with E-state index in [-0.39, 0.29) is 16.3 Å². The van der Waals surface area contributed by atoms with E-state index in [1.165, 1.54) is 24.3 Å². The fraction of sp³-hybridized carbons (Fsp3) is 0.0769. The van der Waals surface area contributed by atoms with Crippen molar-refractivity contribution in [3.05, 3.63) is 53.6 Å². The number of primary sulfonamides is 1. The number of rotatable bonds is 3. The summed E-state index contributed by atoms with van der Waals surface area (Å²) in [5.41, 5.74) is 0.951. The van der Waals surface area contributed by atoms with Crippen molar-refractivity contribution < 1.29 is 17.6 Å². The van der Waals surface area contributed by atoms with E-state index in [1.807, 2.05) is 0 Å². The van der Waals surface area contributed by atoms with Crippen molar-refractivity contribution in [3.63, 3.8) is 0 Å². The number of carbonyl (C=O) groups is 1. The minimum atomic E-state index is -3.86. The van der Waals surface area contributed by atoms with Gasteiger partial charge in [-0.2, -0.15) is 0 Å². The van der Waals surface area contributed by atoms with Crippen molar-refractivity contribution in [2.45, 2.75) is 11.8 Å². The predicted molar refractivity (Wildman–Crippen MR) is 74.7 cm³/mol. The van der Waals surface area contributed by atoms with Crippen molar-refractivity contribution in [1.82, 2.24) is 4.98 Å². The molecule has 0 saturated carbocycles. The molecule has 2 aromatic rings. The van der Waals surface area contributed by atoms with E-state index >= 15 is 0 Å². The molecule has 0 spiro atoms. The average Bonchev–Trinajstić information content (AvgIpc) is 2.40. The van der Waals surface area contributed by atoms with Gasteiger partial charge < -0.3 is 5.32 Å². The third kappa shape index (κ3) is 3.61. The maximum absolute atomic E-state index is 12.8. The van der Waals surface area contributed by atoms with E-state index in [9.17, 15) is 17.6 Å². The molecular weight excluding hydrogens is 297 g/mol. The van der Waals surface area contributed by atoms with Gasteiger partial charge in [0.1, 0.15) is 11.5 Å². The van der Waals surface area contributed by atoms with Gasteiger partial charge in [0.2, 0.25) is 10.0 Å². The second kappa shape index (κ2) is 5.58. The highest BCUT2D eigenvalue weighted by Crippen LogP contribution is 2.20. The first-order valence-corrected chi connectivity index (χ1v) is 7.38. The molecule has 1 aromatic carbocycles. The molecule has 110 valence electrons. The number of nitrogens with two attached hydrogens (primary N) is 1. The van der Waals surface area contributed by atoms with Crippen LogP contribution in [0.15, 0.2) is 41.4 Å². The van der Waals surface area contributed by atoms with E-state index in [0.29, 0.717) is 5.56 Å². The highest BCUT2D eigenvalue weighted by Gasteiger charge is 2.13. The smallest absolute Gasteiger partial charge is 0.274 e. The van der Waals surface area contributed by atoms with E-state index in [4.69, 9.17) is 5.14 Å². The van der Waals surface area contributed by atoms with Crippen LogP contribution in [0.2, 0.25) is 0 Å². The maximum atomic E-state index is 12.8. The Morgan fingerprint density at radius 2 is 2.00 bits per heavy atom. The number of amides is 1. The molecule has 0 fully saturated rings. The second-order valence-corrected chi connectivity index (χ2v) is 5.90. The van der Waals surface area contributed by atoms with Gasteiger partial charge in [0.25, 0.3) is 5.91 Å². The molecule has 8 heteroatoms. The van der Waals surface area contributed by atoms with E-state index in [0.717, 1.165) is 12.3 Å². The van der Waals surface area contributed by atoms with Crippen LogP contribution in [-0.2, 0) is 10.0 Å². The lowest BCUT2D eigenvalue weighted by molar-refractivity contribution is 0.102. The highest BCUT2D eigenvalue weighted by atomic mass is 32.2. The van der Waals surface area contributed by atoms with Crippen molar-refractivity contribution in [2.24, 2.45) is 5.14 Å². The summed E-state index contributed by atoms with van der Waals surface area (Å²) in [6.07, 6.45) is 0.919. The topological polar surface area (TPSA) is 102 Å². The number of nitrogens with one attached hydrogen (secondary N) is 1. The molecule has 21 heavy (non-hydrogen) atoms. The number of anilines is 1. The normalized spacial score (nSPS) is 11.2. The van der Waals surface area contributed by atoms with Crippen LogP contribution in [0.3, 0.4) is 0 Å². The molecule has 0 radical (unpaired) electrons. The zero-order chi connectivity index (χ0) is 15.6. The molecule has 0 bridgehead atoms. The molecule has 0 aliphatic rings. The summed E-state index contributed by atoms with van der Waals surface area (Å²) >= 11 is 0. The summed E-state index contributed by atoms with van der Waals surface area (Å²) in [6.45, 7) is 1.70. The standard InChI is InChI=1S/C13H12FN3O3S/c1-8-2-4-10(21(15,19)20)6-12(8)17-13(18)11-5-3-9(14)7-16-11/h2-7H,1H3,(H,17,18)(H2,15,19,20). The van der Waals surface area contributed by atoms with Crippen LogP contribution in [0.4, 0.5) is 10.1 Å². The summed E-state index contributed by atoms with van der Waals surface area (Å²) in [5, 5.41) is 7.55. The molecule has 0 aliphatic heterocycles. The second-order valence-electron chi connectivity index (χ2n) is 4.34. The van der Waals surface area contributed by atoms with Gasteiger partial charge >= 0.3 is 0 Å². The van der Waals surface area contributed by atoms with Gasteiger partial charge in [-0.1, -0.05) is 6.07 Å². The van der Waals surface area contributed by atoms with Crippen LogP contribution in [0.1, 0.15) is 16.1 Å². The molecule has 0 atom stereocenters. The molecule has 1 aromatic heterocycles. The van der Waals surface area contributed by atoms with Crippen LogP contribution in [-0.4, -0.2) is 19.3 Å².